The minimum Gasteiger partial charge on any atom is -0.377 e. The van der Waals surface area contributed by atoms with Crippen molar-refractivity contribution in [1.29, 1.82) is 0 Å². The van der Waals surface area contributed by atoms with E-state index in [1.165, 1.54) is 5.56 Å². The van der Waals surface area contributed by atoms with E-state index in [-0.39, 0.29) is 0 Å². The second-order valence-corrected chi connectivity index (χ2v) is 7.14. The Morgan fingerprint density at radius 2 is 2.15 bits per heavy atom. The standard InChI is InChI=1S/C20H35N5O/c1-5-21-20(23-15-19-17(4)7-6-10-22-19)24-18-8-11-25(12-9-18)13-14-26-16(2)3/h6-7,10,16,18H,5,8-9,11-15H2,1-4H3,(H2,21,23,24). The fourth-order valence-corrected chi connectivity index (χ4v) is 3.07. The van der Waals surface area contributed by atoms with Gasteiger partial charge in [0.2, 0.25) is 0 Å². The normalized spacial score (nSPS) is 16.9. The van der Waals surface area contributed by atoms with Crippen molar-refractivity contribution in [2.75, 3.05) is 32.8 Å². The number of nitrogens with one attached hydrogen (secondary N) is 2. The topological polar surface area (TPSA) is 61.8 Å². The number of aliphatic imine (C=N–C) groups is 1. The number of pyridine rings is 1. The van der Waals surface area contributed by atoms with E-state index >= 15 is 0 Å². The summed E-state index contributed by atoms with van der Waals surface area (Å²) in [7, 11) is 0. The van der Waals surface area contributed by atoms with Crippen molar-refractivity contribution in [3.8, 4) is 0 Å². The third-order valence-electron chi connectivity index (χ3n) is 4.64. The molecule has 0 unspecified atom stereocenters. The van der Waals surface area contributed by atoms with Crippen LogP contribution in [0.4, 0.5) is 0 Å². The maximum Gasteiger partial charge on any atom is 0.191 e. The fraction of sp³-hybridized carbons (Fsp3) is 0.700. The van der Waals surface area contributed by atoms with Gasteiger partial charge in [-0.15, -0.1) is 0 Å². The van der Waals surface area contributed by atoms with Gasteiger partial charge >= 0.3 is 0 Å². The fourth-order valence-electron chi connectivity index (χ4n) is 3.07. The van der Waals surface area contributed by atoms with Crippen LogP contribution in [-0.4, -0.2) is 60.8 Å². The molecule has 0 spiro atoms. The molecule has 1 aliphatic rings. The highest BCUT2D eigenvalue weighted by atomic mass is 16.5. The van der Waals surface area contributed by atoms with Crippen molar-refractivity contribution in [2.45, 2.75) is 59.2 Å². The molecule has 0 amide bonds. The van der Waals surface area contributed by atoms with Crippen molar-refractivity contribution in [3.05, 3.63) is 29.6 Å². The highest BCUT2D eigenvalue weighted by molar-refractivity contribution is 5.80. The van der Waals surface area contributed by atoms with Crippen molar-refractivity contribution < 1.29 is 4.74 Å². The van der Waals surface area contributed by atoms with E-state index < -0.39 is 0 Å². The average Bonchev–Trinajstić information content (AvgIpc) is 2.62. The molecule has 1 fully saturated rings. The van der Waals surface area contributed by atoms with Crippen LogP contribution in [0.2, 0.25) is 0 Å². The molecule has 2 heterocycles. The summed E-state index contributed by atoms with van der Waals surface area (Å²) in [6, 6.07) is 4.52. The van der Waals surface area contributed by atoms with Gasteiger partial charge in [-0.3, -0.25) is 4.98 Å². The number of hydrogen-bond acceptors (Lipinski definition) is 4. The molecule has 2 N–H and O–H groups in total. The van der Waals surface area contributed by atoms with E-state index in [4.69, 9.17) is 9.73 Å². The van der Waals surface area contributed by atoms with E-state index in [9.17, 15) is 0 Å². The van der Waals surface area contributed by atoms with Crippen LogP contribution >= 0.6 is 0 Å². The van der Waals surface area contributed by atoms with E-state index in [1.54, 1.807) is 0 Å². The Hall–Kier alpha value is -1.66. The number of guanidine groups is 1. The second-order valence-electron chi connectivity index (χ2n) is 7.14. The number of ether oxygens (including phenoxy) is 1. The maximum absolute atomic E-state index is 5.66. The predicted molar refractivity (Wildman–Crippen MR) is 107 cm³/mol. The van der Waals surface area contributed by atoms with E-state index in [1.807, 2.05) is 12.3 Å². The lowest BCUT2D eigenvalue weighted by Gasteiger charge is -2.33. The predicted octanol–water partition coefficient (Wildman–Crippen LogP) is 2.33. The summed E-state index contributed by atoms with van der Waals surface area (Å²) in [4.78, 5) is 11.6. The van der Waals surface area contributed by atoms with Gasteiger partial charge in [0.1, 0.15) is 0 Å². The first-order chi connectivity index (χ1) is 12.6. The van der Waals surface area contributed by atoms with Crippen molar-refractivity contribution in [2.24, 2.45) is 4.99 Å². The second kappa shape index (κ2) is 11.1. The quantitative estimate of drug-likeness (QED) is 0.550. The average molecular weight is 362 g/mol. The molecular weight excluding hydrogens is 326 g/mol. The van der Waals surface area contributed by atoms with Gasteiger partial charge in [-0.2, -0.15) is 0 Å². The summed E-state index contributed by atoms with van der Waals surface area (Å²) in [5.74, 6) is 0.888. The number of hydrogen-bond donors (Lipinski definition) is 2. The molecule has 1 aromatic rings. The Morgan fingerprint density at radius 1 is 1.38 bits per heavy atom. The number of aromatic nitrogens is 1. The summed E-state index contributed by atoms with van der Waals surface area (Å²) in [5.41, 5.74) is 2.22. The minimum absolute atomic E-state index is 0.316. The van der Waals surface area contributed by atoms with Crippen LogP contribution in [0.5, 0.6) is 0 Å². The number of piperidine rings is 1. The Bertz CT molecular complexity index is 553. The van der Waals surface area contributed by atoms with Gasteiger partial charge in [0.05, 0.1) is 24.9 Å². The van der Waals surface area contributed by atoms with Crippen LogP contribution in [-0.2, 0) is 11.3 Å². The molecule has 2 rings (SSSR count). The van der Waals surface area contributed by atoms with Gasteiger partial charge < -0.3 is 20.3 Å². The van der Waals surface area contributed by atoms with Crippen molar-refractivity contribution in [1.82, 2.24) is 20.5 Å². The summed E-state index contributed by atoms with van der Waals surface area (Å²) in [5, 5.41) is 6.95. The van der Waals surface area contributed by atoms with Gasteiger partial charge in [0, 0.05) is 38.4 Å². The molecule has 0 atom stereocenters. The van der Waals surface area contributed by atoms with Crippen LogP contribution in [0.3, 0.4) is 0 Å². The molecule has 0 saturated carbocycles. The summed E-state index contributed by atoms with van der Waals surface area (Å²) < 4.78 is 5.66. The zero-order valence-electron chi connectivity index (χ0n) is 16.8. The molecule has 6 nitrogen and oxygen atoms in total. The molecule has 26 heavy (non-hydrogen) atoms. The van der Waals surface area contributed by atoms with E-state index in [2.05, 4.69) is 54.3 Å². The summed E-state index contributed by atoms with van der Waals surface area (Å²) >= 11 is 0. The largest absolute Gasteiger partial charge is 0.377 e. The third-order valence-corrected chi connectivity index (χ3v) is 4.64. The Balaban J connectivity index is 1.79. The highest BCUT2D eigenvalue weighted by Gasteiger charge is 2.19. The lowest BCUT2D eigenvalue weighted by atomic mass is 10.1. The Labute approximate surface area is 158 Å². The lowest BCUT2D eigenvalue weighted by Crippen LogP contribution is -2.49. The lowest BCUT2D eigenvalue weighted by molar-refractivity contribution is 0.0532. The molecular formula is C20H35N5O. The third kappa shape index (κ3) is 7.30. The van der Waals surface area contributed by atoms with Crippen molar-refractivity contribution in [3.63, 3.8) is 0 Å². The first-order valence-electron chi connectivity index (χ1n) is 9.87. The first kappa shape index (κ1) is 20.6. The first-order valence-corrected chi connectivity index (χ1v) is 9.87. The minimum atomic E-state index is 0.316. The van der Waals surface area contributed by atoms with Crippen LogP contribution < -0.4 is 10.6 Å². The van der Waals surface area contributed by atoms with Crippen LogP contribution in [0, 0.1) is 6.92 Å². The van der Waals surface area contributed by atoms with Crippen LogP contribution in [0.25, 0.3) is 0 Å². The molecule has 0 radical (unpaired) electrons. The number of nitrogens with zero attached hydrogens (tertiary/aromatic N) is 3. The van der Waals surface area contributed by atoms with E-state index in [0.29, 0.717) is 18.7 Å². The zero-order chi connectivity index (χ0) is 18.8. The molecule has 0 aromatic carbocycles. The molecule has 6 heteroatoms. The van der Waals surface area contributed by atoms with Gasteiger partial charge in [-0.1, -0.05) is 6.07 Å². The molecule has 146 valence electrons. The van der Waals surface area contributed by atoms with Gasteiger partial charge in [0.15, 0.2) is 5.96 Å². The molecule has 0 bridgehead atoms. The Kier molecular flexibility index (Phi) is 8.85. The van der Waals surface area contributed by atoms with Gasteiger partial charge in [-0.05, 0) is 52.2 Å². The van der Waals surface area contributed by atoms with Gasteiger partial charge in [-0.25, -0.2) is 4.99 Å². The SMILES string of the molecule is CCNC(=NCc1ncccc1C)NC1CCN(CCOC(C)C)CC1. The molecule has 0 aliphatic carbocycles. The van der Waals surface area contributed by atoms with Crippen LogP contribution in [0.15, 0.2) is 23.3 Å². The van der Waals surface area contributed by atoms with Gasteiger partial charge in [0.25, 0.3) is 0 Å². The monoisotopic (exact) mass is 361 g/mol. The zero-order valence-corrected chi connectivity index (χ0v) is 16.8. The van der Waals surface area contributed by atoms with Crippen LogP contribution in [0.1, 0.15) is 44.9 Å². The van der Waals surface area contributed by atoms with E-state index in [0.717, 1.165) is 57.3 Å². The molecule has 1 saturated heterocycles. The summed E-state index contributed by atoms with van der Waals surface area (Å²) in [6.07, 6.45) is 4.41. The number of aryl methyl sites for hydroxylation is 1. The van der Waals surface area contributed by atoms with Crippen molar-refractivity contribution >= 4 is 5.96 Å². The molecule has 1 aromatic heterocycles. The summed E-state index contributed by atoms with van der Waals surface area (Å²) in [6.45, 7) is 13.9. The number of likely N-dealkylation sites (tertiary alicyclic amines) is 1. The maximum atomic E-state index is 5.66. The number of rotatable bonds is 8. The highest BCUT2D eigenvalue weighted by Crippen LogP contribution is 2.10. The smallest absolute Gasteiger partial charge is 0.191 e. The Morgan fingerprint density at radius 3 is 2.81 bits per heavy atom. The molecule has 1 aliphatic heterocycles.